The van der Waals surface area contributed by atoms with E-state index in [9.17, 15) is 9.59 Å². The van der Waals surface area contributed by atoms with Gasteiger partial charge in [-0.1, -0.05) is 17.7 Å². The van der Waals surface area contributed by atoms with E-state index < -0.39 is 11.5 Å². The minimum Gasteiger partial charge on any atom is -0.477 e. The monoisotopic (exact) mass is 252 g/mol. The summed E-state index contributed by atoms with van der Waals surface area (Å²) in [5, 5.41) is 11.8. The number of H-pyrrole nitrogens is 1. The lowest BCUT2D eigenvalue weighted by Crippen LogP contribution is -2.13. The Morgan fingerprint density at radius 1 is 1.41 bits per heavy atom. The van der Waals surface area contributed by atoms with Crippen molar-refractivity contribution >= 4 is 17.6 Å². The molecule has 88 valence electrons. The van der Waals surface area contributed by atoms with Crippen LogP contribution in [0.4, 0.5) is 0 Å². The fourth-order valence-electron chi connectivity index (χ4n) is 1.42. The van der Waals surface area contributed by atoms with Gasteiger partial charge in [0, 0.05) is 11.1 Å². The molecule has 0 aliphatic rings. The molecule has 2 N–H and O–H groups in total. The second-order valence-electron chi connectivity index (χ2n) is 3.58. The highest BCUT2D eigenvalue weighted by molar-refractivity contribution is 6.31. The van der Waals surface area contributed by atoms with Gasteiger partial charge in [-0.05, 0) is 24.6 Å². The second-order valence-corrected chi connectivity index (χ2v) is 3.99. The number of carboxylic acids is 1. The number of aromatic carboxylic acids is 1. The van der Waals surface area contributed by atoms with Crippen LogP contribution < -0.4 is 5.56 Å². The summed E-state index contributed by atoms with van der Waals surface area (Å²) < 4.78 is 1.13. The van der Waals surface area contributed by atoms with Crippen LogP contribution >= 0.6 is 11.6 Å². The van der Waals surface area contributed by atoms with Crippen molar-refractivity contribution in [2.75, 3.05) is 0 Å². The average molecular weight is 253 g/mol. The quantitative estimate of drug-likeness (QED) is 0.856. The summed E-state index contributed by atoms with van der Waals surface area (Å²) in [4.78, 5) is 22.3. The van der Waals surface area contributed by atoms with Gasteiger partial charge in [-0.2, -0.15) is 0 Å². The molecule has 0 radical (unpaired) electrons. The molecule has 6 heteroatoms. The summed E-state index contributed by atoms with van der Waals surface area (Å²) in [5.74, 6) is -1.18. The first-order chi connectivity index (χ1) is 7.99. The van der Waals surface area contributed by atoms with Gasteiger partial charge >= 0.3 is 5.97 Å². The predicted molar refractivity (Wildman–Crippen MR) is 63.1 cm³/mol. The summed E-state index contributed by atoms with van der Waals surface area (Å²) in [6.07, 6.45) is 0. The molecule has 1 aromatic carbocycles. The largest absolute Gasteiger partial charge is 0.477 e. The molecule has 5 nitrogen and oxygen atoms in total. The molecule has 0 bridgehead atoms. The molecule has 2 rings (SSSR count). The molecule has 0 unspecified atom stereocenters. The van der Waals surface area contributed by atoms with Crippen LogP contribution in [-0.2, 0) is 0 Å². The van der Waals surface area contributed by atoms with E-state index in [0.29, 0.717) is 10.7 Å². The van der Waals surface area contributed by atoms with Crippen LogP contribution in [-0.4, -0.2) is 20.9 Å². The van der Waals surface area contributed by atoms with E-state index in [2.05, 4.69) is 5.10 Å². The van der Waals surface area contributed by atoms with E-state index in [1.165, 1.54) is 0 Å². The molecular formula is C11H9ClN2O3. The molecule has 2 aromatic rings. The maximum atomic E-state index is 11.6. The number of aromatic nitrogens is 2. The van der Waals surface area contributed by atoms with E-state index in [-0.39, 0.29) is 5.69 Å². The first-order valence-electron chi connectivity index (χ1n) is 4.81. The van der Waals surface area contributed by atoms with Gasteiger partial charge in [-0.3, -0.25) is 9.89 Å². The van der Waals surface area contributed by atoms with Gasteiger partial charge in [0.1, 0.15) is 5.69 Å². The third kappa shape index (κ3) is 2.09. The van der Waals surface area contributed by atoms with Crippen molar-refractivity contribution in [3.63, 3.8) is 0 Å². The summed E-state index contributed by atoms with van der Waals surface area (Å²) in [5.41, 5.74) is 0.778. The van der Waals surface area contributed by atoms with E-state index in [1.807, 2.05) is 6.92 Å². The first kappa shape index (κ1) is 11.5. The Bertz CT molecular complexity index is 642. The lowest BCUT2D eigenvalue weighted by atomic mass is 10.2. The molecule has 0 spiro atoms. The molecule has 0 aliphatic heterocycles. The van der Waals surface area contributed by atoms with E-state index in [4.69, 9.17) is 16.7 Å². The maximum absolute atomic E-state index is 11.6. The molecular weight excluding hydrogens is 244 g/mol. The van der Waals surface area contributed by atoms with Crippen molar-refractivity contribution < 1.29 is 9.90 Å². The van der Waals surface area contributed by atoms with Crippen LogP contribution in [0.3, 0.4) is 0 Å². The topological polar surface area (TPSA) is 75.1 Å². The Balaban J connectivity index is 2.56. The van der Waals surface area contributed by atoms with Crippen LogP contribution in [0, 0.1) is 6.92 Å². The summed E-state index contributed by atoms with van der Waals surface area (Å²) in [7, 11) is 0. The number of carboxylic acid groups (broad SMARTS) is 1. The predicted octanol–water partition coefficient (Wildman–Crippen LogP) is 1.83. The van der Waals surface area contributed by atoms with Gasteiger partial charge in [0.15, 0.2) is 0 Å². The summed E-state index contributed by atoms with van der Waals surface area (Å²) >= 11 is 5.94. The third-order valence-electron chi connectivity index (χ3n) is 2.36. The van der Waals surface area contributed by atoms with Crippen molar-refractivity contribution in [2.45, 2.75) is 6.92 Å². The lowest BCUT2D eigenvalue weighted by Gasteiger charge is -2.04. The lowest BCUT2D eigenvalue weighted by molar-refractivity contribution is 0.0690. The van der Waals surface area contributed by atoms with Gasteiger partial charge in [0.25, 0.3) is 5.56 Å². The molecule has 1 heterocycles. The minimum absolute atomic E-state index is 0.160. The van der Waals surface area contributed by atoms with Crippen LogP contribution in [0.1, 0.15) is 16.1 Å². The Morgan fingerprint density at radius 3 is 2.65 bits per heavy atom. The van der Waals surface area contributed by atoms with Crippen molar-refractivity contribution in [1.29, 1.82) is 0 Å². The van der Waals surface area contributed by atoms with Crippen molar-refractivity contribution in [1.82, 2.24) is 9.78 Å². The van der Waals surface area contributed by atoms with Gasteiger partial charge in [0.05, 0.1) is 5.69 Å². The van der Waals surface area contributed by atoms with Crippen LogP contribution in [0.5, 0.6) is 0 Å². The SMILES string of the molecule is Cc1ccc(-n2[nH]c(C(=O)O)cc2=O)cc1Cl. The Labute approximate surface area is 101 Å². The Kier molecular flexibility index (Phi) is 2.77. The number of rotatable bonds is 2. The number of aryl methyl sites for hydroxylation is 1. The number of carbonyl (C=O) groups is 1. The summed E-state index contributed by atoms with van der Waals surface area (Å²) in [6, 6.07) is 6.06. The van der Waals surface area contributed by atoms with Crippen molar-refractivity contribution in [3.8, 4) is 5.69 Å². The van der Waals surface area contributed by atoms with Crippen LogP contribution in [0.15, 0.2) is 29.1 Å². The molecule has 0 aliphatic carbocycles. The zero-order valence-corrected chi connectivity index (χ0v) is 9.65. The zero-order valence-electron chi connectivity index (χ0n) is 8.90. The van der Waals surface area contributed by atoms with Crippen LogP contribution in [0.2, 0.25) is 5.02 Å². The van der Waals surface area contributed by atoms with Crippen molar-refractivity contribution in [2.24, 2.45) is 0 Å². The Hall–Kier alpha value is -2.01. The zero-order chi connectivity index (χ0) is 12.6. The second kappa shape index (κ2) is 4.10. The number of hydrogen-bond acceptors (Lipinski definition) is 2. The standard InChI is InChI=1S/C11H9ClN2O3/c1-6-2-3-7(4-8(6)12)14-10(15)5-9(13-14)11(16)17/h2-5,13H,1H3,(H,16,17). The minimum atomic E-state index is -1.18. The van der Waals surface area contributed by atoms with E-state index in [1.54, 1.807) is 18.2 Å². The number of nitrogens with zero attached hydrogens (tertiary/aromatic N) is 1. The smallest absolute Gasteiger partial charge is 0.353 e. The van der Waals surface area contributed by atoms with Gasteiger partial charge in [-0.25, -0.2) is 9.48 Å². The molecule has 1 aromatic heterocycles. The van der Waals surface area contributed by atoms with E-state index in [0.717, 1.165) is 16.3 Å². The molecule has 17 heavy (non-hydrogen) atoms. The number of hydrogen-bond donors (Lipinski definition) is 2. The third-order valence-corrected chi connectivity index (χ3v) is 2.77. The average Bonchev–Trinajstić information content (AvgIpc) is 2.65. The highest BCUT2D eigenvalue weighted by Gasteiger charge is 2.10. The highest BCUT2D eigenvalue weighted by atomic mass is 35.5. The fourth-order valence-corrected chi connectivity index (χ4v) is 1.59. The van der Waals surface area contributed by atoms with Gasteiger partial charge in [0.2, 0.25) is 0 Å². The molecule has 0 saturated heterocycles. The van der Waals surface area contributed by atoms with Gasteiger partial charge < -0.3 is 5.11 Å². The number of benzene rings is 1. The first-order valence-corrected chi connectivity index (χ1v) is 5.19. The molecule has 0 atom stereocenters. The number of nitrogens with one attached hydrogen (secondary N) is 1. The number of aromatic amines is 1. The summed E-state index contributed by atoms with van der Waals surface area (Å²) in [6.45, 7) is 1.84. The van der Waals surface area contributed by atoms with Crippen LogP contribution in [0.25, 0.3) is 5.69 Å². The van der Waals surface area contributed by atoms with Crippen molar-refractivity contribution in [3.05, 3.63) is 50.9 Å². The molecule has 0 saturated carbocycles. The van der Waals surface area contributed by atoms with E-state index >= 15 is 0 Å². The molecule has 0 amide bonds. The highest BCUT2D eigenvalue weighted by Crippen LogP contribution is 2.18. The number of halogens is 1. The maximum Gasteiger partial charge on any atom is 0.353 e. The fraction of sp³-hybridized carbons (Fsp3) is 0.0909. The normalized spacial score (nSPS) is 10.5. The molecule has 0 fully saturated rings. The Morgan fingerprint density at radius 2 is 2.12 bits per heavy atom. The van der Waals surface area contributed by atoms with Gasteiger partial charge in [-0.15, -0.1) is 0 Å².